The second-order valence-electron chi connectivity index (χ2n) is 7.93. The highest BCUT2D eigenvalue weighted by molar-refractivity contribution is 7.15. The van der Waals surface area contributed by atoms with Gasteiger partial charge in [0.1, 0.15) is 5.01 Å². The highest BCUT2D eigenvalue weighted by atomic mass is 35.7. The summed E-state index contributed by atoms with van der Waals surface area (Å²) in [4.78, 5) is 0. The van der Waals surface area contributed by atoms with Crippen LogP contribution in [0.5, 0.6) is 0 Å². The van der Waals surface area contributed by atoms with Crippen LogP contribution in [0.15, 0.2) is 103 Å². The second-order valence-corrected chi connectivity index (χ2v) is 9.78. The molecule has 0 unspecified atom stereocenters. The maximum atomic E-state index is 8.49. The van der Waals surface area contributed by atoms with Crippen molar-refractivity contribution in [1.29, 1.82) is 0 Å². The van der Waals surface area contributed by atoms with Gasteiger partial charge in [0, 0.05) is 23.3 Å². The maximum Gasteiger partial charge on any atom is 0.213 e. The van der Waals surface area contributed by atoms with E-state index in [-0.39, 0.29) is 0 Å². The number of halogens is 1. The summed E-state index contributed by atoms with van der Waals surface area (Å²) in [6.45, 7) is 0.776. The fourth-order valence-electron chi connectivity index (χ4n) is 3.93. The van der Waals surface area contributed by atoms with Crippen molar-refractivity contribution >= 4 is 16.5 Å². The van der Waals surface area contributed by atoms with Crippen molar-refractivity contribution in [3.8, 4) is 33.6 Å². The Bertz CT molecular complexity index is 1360. The third-order valence-electron chi connectivity index (χ3n) is 5.44. The lowest BCUT2D eigenvalue weighted by Crippen LogP contribution is -2.68. The highest BCUT2D eigenvalue weighted by Crippen LogP contribution is 2.29. The molecule has 5 aromatic rings. The summed E-state index contributed by atoms with van der Waals surface area (Å²) >= 11 is 1.45. The predicted octanol–water partition coefficient (Wildman–Crippen LogP) is 0.895. The summed E-state index contributed by atoms with van der Waals surface area (Å²) in [6, 6.07) is 36.2. The second kappa shape index (κ2) is 12.0. The molecule has 10 heteroatoms. The number of nitrogen functional groups attached to an aromatic ring is 1. The van der Waals surface area contributed by atoms with Crippen LogP contribution >= 0.6 is 11.3 Å². The first-order valence-electron chi connectivity index (χ1n) is 11.2. The quantitative estimate of drug-likeness (QED) is 0.318. The molecule has 0 radical (unpaired) electrons. The van der Waals surface area contributed by atoms with Gasteiger partial charge in [-0.25, -0.2) is 18.6 Å². The Kier molecular flexibility index (Phi) is 8.57. The Hall–Kier alpha value is -3.70. The SMILES string of the molecule is Nc1nnc(CC[n+]2c(-c3ccccc3)cc(-c3ccccc3)cc2-c2ccccc2)s1.[O-][Cl+3]([O-])([O-])[O-]. The molecule has 188 valence electrons. The van der Waals surface area contributed by atoms with Gasteiger partial charge in [-0.2, -0.15) is 4.57 Å². The maximum absolute atomic E-state index is 8.49. The van der Waals surface area contributed by atoms with Gasteiger partial charge >= 0.3 is 0 Å². The van der Waals surface area contributed by atoms with E-state index in [0.29, 0.717) is 5.13 Å². The molecule has 0 aliphatic rings. The molecule has 0 aliphatic heterocycles. The average Bonchev–Trinajstić information content (AvgIpc) is 3.32. The summed E-state index contributed by atoms with van der Waals surface area (Å²) in [5.74, 6) is 0. The largest absolute Gasteiger partial charge is 0.374 e. The van der Waals surface area contributed by atoms with Crippen molar-refractivity contribution < 1.29 is 33.4 Å². The highest BCUT2D eigenvalue weighted by Gasteiger charge is 2.23. The zero-order valence-corrected chi connectivity index (χ0v) is 21.1. The number of hydrogen-bond donors (Lipinski definition) is 1. The standard InChI is InChI=1S/C27H23N4S.ClHO4/c28-27-30-29-26(32-27)16-17-31-24(21-12-6-2-7-13-21)18-23(20-10-4-1-5-11-20)19-25(31)22-14-8-3-9-15-22;2-1(3,4)5/h1-15,18-19H,16-17H2,(H2,28,30);(H,2,3,4,5)/q+1;/p-1. The van der Waals surface area contributed by atoms with Gasteiger partial charge < -0.3 is 5.73 Å². The zero-order chi connectivity index (χ0) is 26.3. The van der Waals surface area contributed by atoms with E-state index in [1.165, 1.54) is 45.0 Å². The lowest BCUT2D eigenvalue weighted by atomic mass is 9.99. The average molecular weight is 535 g/mol. The van der Waals surface area contributed by atoms with E-state index in [0.717, 1.165) is 18.0 Å². The molecule has 0 saturated heterocycles. The number of anilines is 1. The fraction of sp³-hybridized carbons (Fsp3) is 0.0741. The van der Waals surface area contributed by atoms with Gasteiger partial charge in [0.2, 0.25) is 16.5 Å². The number of aromatic nitrogens is 3. The first-order chi connectivity index (χ1) is 17.8. The minimum absolute atomic E-state index is 0.510. The molecular weight excluding hydrogens is 512 g/mol. The smallest absolute Gasteiger partial charge is 0.213 e. The summed E-state index contributed by atoms with van der Waals surface area (Å²) < 4.78 is 36.4. The monoisotopic (exact) mass is 534 g/mol. The minimum atomic E-state index is -4.94. The molecule has 0 bridgehead atoms. The van der Waals surface area contributed by atoms with Crippen LogP contribution in [0, 0.1) is 10.2 Å². The first kappa shape index (κ1) is 26.4. The predicted molar refractivity (Wildman–Crippen MR) is 131 cm³/mol. The van der Waals surface area contributed by atoms with E-state index in [4.69, 9.17) is 24.4 Å². The van der Waals surface area contributed by atoms with Crippen molar-refractivity contribution in [2.45, 2.75) is 13.0 Å². The molecule has 0 saturated carbocycles. The Morgan fingerprint density at radius 1 is 0.649 bits per heavy atom. The van der Waals surface area contributed by atoms with Crippen LogP contribution in [0.2, 0.25) is 0 Å². The molecule has 5 rings (SSSR count). The Labute approximate surface area is 220 Å². The lowest BCUT2D eigenvalue weighted by molar-refractivity contribution is -2.00. The van der Waals surface area contributed by atoms with Gasteiger partial charge in [-0.3, -0.25) is 0 Å². The minimum Gasteiger partial charge on any atom is -0.374 e. The number of aryl methyl sites for hydroxylation is 1. The normalized spacial score (nSPS) is 11.0. The number of benzene rings is 3. The van der Waals surface area contributed by atoms with Crippen LogP contribution in [-0.2, 0) is 13.0 Å². The fourth-order valence-corrected chi connectivity index (χ4v) is 4.53. The van der Waals surface area contributed by atoms with Crippen LogP contribution in [0.4, 0.5) is 5.13 Å². The third kappa shape index (κ3) is 7.64. The van der Waals surface area contributed by atoms with Gasteiger partial charge in [-0.15, -0.1) is 20.4 Å². The summed E-state index contributed by atoms with van der Waals surface area (Å²) in [5, 5.41) is 9.67. The molecule has 0 fully saturated rings. The van der Waals surface area contributed by atoms with Crippen LogP contribution in [0.3, 0.4) is 0 Å². The van der Waals surface area contributed by atoms with E-state index in [1.54, 1.807) is 0 Å². The number of hydrogen-bond acceptors (Lipinski definition) is 8. The molecular formula is C27H23ClN4O4S. The Morgan fingerprint density at radius 2 is 1.08 bits per heavy atom. The van der Waals surface area contributed by atoms with Crippen molar-refractivity contribution in [3.63, 3.8) is 0 Å². The molecule has 0 aliphatic carbocycles. The number of pyridine rings is 1. The van der Waals surface area contributed by atoms with Crippen LogP contribution in [0.25, 0.3) is 33.6 Å². The summed E-state index contributed by atoms with van der Waals surface area (Å²) in [7, 11) is -4.94. The molecule has 0 spiro atoms. The zero-order valence-electron chi connectivity index (χ0n) is 19.6. The molecule has 37 heavy (non-hydrogen) atoms. The van der Waals surface area contributed by atoms with Gasteiger partial charge in [-0.1, -0.05) is 78.1 Å². The molecule has 0 atom stereocenters. The number of rotatable bonds is 6. The van der Waals surface area contributed by atoms with Crippen LogP contribution < -0.4 is 28.9 Å². The number of nitrogens with zero attached hydrogens (tertiary/aromatic N) is 3. The number of nitrogens with two attached hydrogens (primary N) is 1. The van der Waals surface area contributed by atoms with Crippen molar-refractivity contribution in [3.05, 3.63) is 108 Å². The Balaban J connectivity index is 0.000000586. The van der Waals surface area contributed by atoms with Crippen molar-refractivity contribution in [2.75, 3.05) is 5.73 Å². The first-order valence-corrected chi connectivity index (χ1v) is 13.3. The molecule has 2 N–H and O–H groups in total. The van der Waals surface area contributed by atoms with Gasteiger partial charge in [0.05, 0.1) is 6.42 Å². The topological polar surface area (TPSA) is 148 Å². The van der Waals surface area contributed by atoms with E-state index >= 15 is 0 Å². The van der Waals surface area contributed by atoms with Crippen LogP contribution in [-0.4, -0.2) is 10.2 Å². The van der Waals surface area contributed by atoms with E-state index < -0.39 is 10.2 Å². The third-order valence-corrected chi connectivity index (χ3v) is 6.26. The van der Waals surface area contributed by atoms with Gasteiger partial charge in [0.15, 0.2) is 6.54 Å². The van der Waals surface area contributed by atoms with Crippen molar-refractivity contribution in [1.82, 2.24) is 10.2 Å². The van der Waals surface area contributed by atoms with E-state index in [9.17, 15) is 0 Å². The molecule has 2 aromatic heterocycles. The molecule has 3 aromatic carbocycles. The lowest BCUT2D eigenvalue weighted by Gasteiger charge is -2.17. The Morgan fingerprint density at radius 3 is 1.49 bits per heavy atom. The molecule has 2 heterocycles. The molecule has 0 amide bonds. The van der Waals surface area contributed by atoms with Crippen molar-refractivity contribution in [2.24, 2.45) is 0 Å². The molecule has 8 nitrogen and oxygen atoms in total. The van der Waals surface area contributed by atoms with E-state index in [2.05, 4.69) is 118 Å². The van der Waals surface area contributed by atoms with Crippen LogP contribution in [0.1, 0.15) is 5.01 Å². The van der Waals surface area contributed by atoms with Gasteiger partial charge in [-0.05, 0) is 35.4 Å². The summed E-state index contributed by atoms with van der Waals surface area (Å²) in [5.41, 5.74) is 12.9. The van der Waals surface area contributed by atoms with E-state index in [1.807, 2.05) is 0 Å². The summed E-state index contributed by atoms with van der Waals surface area (Å²) in [6.07, 6.45) is 0.768. The van der Waals surface area contributed by atoms with Gasteiger partial charge in [0.25, 0.3) is 0 Å².